The molecule has 0 radical (unpaired) electrons. The van der Waals surface area contributed by atoms with Crippen LogP contribution < -0.4 is 10.6 Å². The van der Waals surface area contributed by atoms with E-state index < -0.39 is 41.0 Å². The third-order valence-electron chi connectivity index (χ3n) is 4.68. The van der Waals surface area contributed by atoms with Crippen LogP contribution in [0.3, 0.4) is 0 Å². The van der Waals surface area contributed by atoms with Gasteiger partial charge in [-0.15, -0.1) is 0 Å². The molecule has 0 unspecified atom stereocenters. The number of imidazole rings is 1. The number of carbonyl (C=O) groups is 3. The molecular weight excluding hydrogens is 410 g/mol. The Morgan fingerprint density at radius 3 is 2.42 bits per heavy atom. The van der Waals surface area contributed by atoms with Crippen molar-refractivity contribution in [3.63, 3.8) is 0 Å². The molecule has 0 aliphatic rings. The van der Waals surface area contributed by atoms with Gasteiger partial charge in [0.2, 0.25) is 11.8 Å². The van der Waals surface area contributed by atoms with Crippen LogP contribution in [0.15, 0.2) is 30.7 Å². The summed E-state index contributed by atoms with van der Waals surface area (Å²) in [6.45, 7) is 5.13. The second kappa shape index (κ2) is 10.1. The van der Waals surface area contributed by atoms with Gasteiger partial charge in [-0.25, -0.2) is 18.6 Å². The molecule has 0 saturated carbocycles. The summed E-state index contributed by atoms with van der Waals surface area (Å²) < 4.78 is 32.9. The van der Waals surface area contributed by atoms with E-state index in [9.17, 15) is 23.2 Å². The van der Waals surface area contributed by atoms with E-state index in [0.29, 0.717) is 12.8 Å². The quantitative estimate of drug-likeness (QED) is 0.588. The lowest BCUT2D eigenvalue weighted by atomic mass is 10.1. The number of carbonyl (C=O) groups excluding carboxylic acids is 3. The van der Waals surface area contributed by atoms with Crippen molar-refractivity contribution in [1.29, 1.82) is 0 Å². The smallest absolute Gasteiger partial charge is 0.331 e. The molecule has 2 rings (SSSR count). The van der Waals surface area contributed by atoms with Gasteiger partial charge in [-0.2, -0.15) is 0 Å². The fourth-order valence-electron chi connectivity index (χ4n) is 2.96. The first-order valence-electron chi connectivity index (χ1n) is 9.75. The predicted octanol–water partition coefficient (Wildman–Crippen LogP) is 2.54. The van der Waals surface area contributed by atoms with Gasteiger partial charge in [-0.3, -0.25) is 9.59 Å². The molecule has 2 amide bonds. The maximum absolute atomic E-state index is 13.3. The minimum Gasteiger partial charge on any atom is -0.467 e. The number of anilines is 1. The highest BCUT2D eigenvalue weighted by Crippen LogP contribution is 2.19. The zero-order chi connectivity index (χ0) is 23.2. The van der Waals surface area contributed by atoms with Crippen LogP contribution >= 0.6 is 0 Å². The van der Waals surface area contributed by atoms with Gasteiger partial charge in [0.15, 0.2) is 5.82 Å². The van der Waals surface area contributed by atoms with Gasteiger partial charge in [-0.05, 0) is 38.0 Å². The molecule has 1 aromatic carbocycles. The molecule has 8 nitrogen and oxygen atoms in total. The van der Waals surface area contributed by atoms with Crippen LogP contribution in [-0.2, 0) is 31.1 Å². The number of halogens is 2. The number of methoxy groups -OCH3 is 1. The normalized spacial score (nSPS) is 12.2. The van der Waals surface area contributed by atoms with Gasteiger partial charge >= 0.3 is 5.97 Å². The number of amides is 2. The number of rotatable bonds is 9. The topological polar surface area (TPSA) is 102 Å². The van der Waals surface area contributed by atoms with Crippen molar-refractivity contribution in [2.75, 3.05) is 12.4 Å². The highest BCUT2D eigenvalue weighted by atomic mass is 19.1. The number of nitrogens with one attached hydrogen (secondary N) is 2. The molecular formula is C21H26F2N4O4. The van der Waals surface area contributed by atoms with Crippen LogP contribution in [0.25, 0.3) is 0 Å². The first kappa shape index (κ1) is 24.0. The zero-order valence-corrected chi connectivity index (χ0v) is 17.9. The molecule has 10 heteroatoms. The lowest BCUT2D eigenvalue weighted by molar-refractivity contribution is -0.149. The van der Waals surface area contributed by atoms with Crippen LogP contribution in [0.2, 0.25) is 0 Å². The average Bonchev–Trinajstić information content (AvgIpc) is 3.15. The number of hydrogen-bond acceptors (Lipinski definition) is 5. The van der Waals surface area contributed by atoms with Crippen molar-refractivity contribution in [2.24, 2.45) is 0 Å². The lowest BCUT2D eigenvalue weighted by Gasteiger charge is -2.22. The van der Waals surface area contributed by atoms with E-state index in [1.807, 2.05) is 6.92 Å². The summed E-state index contributed by atoms with van der Waals surface area (Å²) in [5.41, 5.74) is -0.864. The number of ether oxygens (including phenoxy) is 1. The molecule has 0 aliphatic heterocycles. The van der Waals surface area contributed by atoms with Crippen molar-refractivity contribution in [2.45, 2.75) is 51.6 Å². The summed E-state index contributed by atoms with van der Waals surface area (Å²) in [5.74, 6) is -2.89. The van der Waals surface area contributed by atoms with Gasteiger partial charge in [0, 0.05) is 12.3 Å². The Labute approximate surface area is 179 Å². The van der Waals surface area contributed by atoms with Crippen molar-refractivity contribution >= 4 is 23.6 Å². The maximum Gasteiger partial charge on any atom is 0.331 e. The van der Waals surface area contributed by atoms with Crippen LogP contribution in [0.5, 0.6) is 0 Å². The summed E-state index contributed by atoms with van der Waals surface area (Å²) in [4.78, 5) is 41.0. The molecule has 0 aliphatic carbocycles. The van der Waals surface area contributed by atoms with Crippen LogP contribution in [-0.4, -0.2) is 40.5 Å². The molecule has 168 valence electrons. The van der Waals surface area contributed by atoms with E-state index >= 15 is 0 Å². The minimum atomic E-state index is -1.03. The summed E-state index contributed by atoms with van der Waals surface area (Å²) in [6.07, 6.45) is 3.55. The van der Waals surface area contributed by atoms with Gasteiger partial charge in [0.25, 0.3) is 0 Å². The lowest BCUT2D eigenvalue weighted by Crippen LogP contribution is -2.44. The van der Waals surface area contributed by atoms with Crippen molar-refractivity contribution in [1.82, 2.24) is 14.9 Å². The standard InChI is InChI=1S/C21H26F2N4O4/c1-5-6-16(25-18(28)9-13-7-14(22)10-15(23)8-13)19(29)26-17-11-27(12-24-17)21(2,3)20(30)31-4/h7-8,10-12,16H,5-6,9H2,1-4H3,(H,25,28)(H,26,29)/t16-/m0/s1. The van der Waals surface area contributed by atoms with Crippen LogP contribution in [0.4, 0.5) is 14.6 Å². The van der Waals surface area contributed by atoms with Crippen molar-refractivity contribution in [3.05, 3.63) is 47.9 Å². The number of benzene rings is 1. The minimum absolute atomic E-state index is 0.162. The Morgan fingerprint density at radius 1 is 1.19 bits per heavy atom. The first-order valence-corrected chi connectivity index (χ1v) is 9.75. The van der Waals surface area contributed by atoms with E-state index in [1.165, 1.54) is 24.2 Å². The first-order chi connectivity index (χ1) is 14.6. The van der Waals surface area contributed by atoms with Crippen LogP contribution in [0, 0.1) is 11.6 Å². The summed E-state index contributed by atoms with van der Waals surface area (Å²) in [7, 11) is 1.28. The number of nitrogens with zero attached hydrogens (tertiary/aromatic N) is 2. The van der Waals surface area contributed by atoms with Crippen molar-refractivity contribution in [3.8, 4) is 0 Å². The summed E-state index contributed by atoms with van der Waals surface area (Å²) in [6, 6.07) is 1.98. The fourth-order valence-corrected chi connectivity index (χ4v) is 2.96. The third-order valence-corrected chi connectivity index (χ3v) is 4.68. The largest absolute Gasteiger partial charge is 0.467 e. The molecule has 1 atom stereocenters. The van der Waals surface area contributed by atoms with Gasteiger partial charge in [0.1, 0.15) is 23.2 Å². The Balaban J connectivity index is 2.05. The van der Waals surface area contributed by atoms with E-state index in [0.717, 1.165) is 18.2 Å². The Kier molecular flexibility index (Phi) is 7.84. The second-order valence-electron chi connectivity index (χ2n) is 7.57. The van der Waals surface area contributed by atoms with Crippen LogP contribution in [0.1, 0.15) is 39.2 Å². The highest BCUT2D eigenvalue weighted by molar-refractivity contribution is 5.96. The van der Waals surface area contributed by atoms with E-state index in [1.54, 1.807) is 13.8 Å². The Morgan fingerprint density at radius 2 is 1.84 bits per heavy atom. The zero-order valence-electron chi connectivity index (χ0n) is 17.9. The molecule has 31 heavy (non-hydrogen) atoms. The molecule has 1 aromatic heterocycles. The SMILES string of the molecule is CCC[C@H](NC(=O)Cc1cc(F)cc(F)c1)C(=O)Nc1cn(C(C)(C)C(=O)OC)cn1. The molecule has 1 heterocycles. The maximum atomic E-state index is 13.3. The van der Waals surface area contributed by atoms with Gasteiger partial charge < -0.3 is 19.9 Å². The van der Waals surface area contributed by atoms with Gasteiger partial charge in [0.05, 0.1) is 19.9 Å². The van der Waals surface area contributed by atoms with Gasteiger partial charge in [-0.1, -0.05) is 13.3 Å². The Hall–Kier alpha value is -3.30. The highest BCUT2D eigenvalue weighted by Gasteiger charge is 2.31. The molecule has 0 saturated heterocycles. The summed E-state index contributed by atoms with van der Waals surface area (Å²) >= 11 is 0. The number of hydrogen-bond donors (Lipinski definition) is 2. The molecule has 0 bridgehead atoms. The van der Waals surface area contributed by atoms with E-state index in [4.69, 9.17) is 4.74 Å². The number of aromatic nitrogens is 2. The number of esters is 1. The Bertz CT molecular complexity index is 938. The molecule has 0 fully saturated rings. The average molecular weight is 436 g/mol. The third kappa shape index (κ3) is 6.34. The van der Waals surface area contributed by atoms with E-state index in [2.05, 4.69) is 15.6 Å². The molecule has 0 spiro atoms. The monoisotopic (exact) mass is 436 g/mol. The van der Waals surface area contributed by atoms with E-state index in [-0.39, 0.29) is 17.8 Å². The molecule has 2 aromatic rings. The fraction of sp³-hybridized carbons (Fsp3) is 0.429. The van der Waals surface area contributed by atoms with Crippen molar-refractivity contribution < 1.29 is 27.9 Å². The summed E-state index contributed by atoms with van der Waals surface area (Å²) in [5, 5.41) is 5.19. The second-order valence-corrected chi connectivity index (χ2v) is 7.57. The predicted molar refractivity (Wildman–Crippen MR) is 109 cm³/mol. The molecule has 2 N–H and O–H groups in total.